The van der Waals surface area contributed by atoms with Crippen molar-refractivity contribution in [3.8, 4) is 5.75 Å². The maximum Gasteiger partial charge on any atom is 0.227 e. The van der Waals surface area contributed by atoms with E-state index in [1.165, 1.54) is 76.2 Å². The van der Waals surface area contributed by atoms with Crippen molar-refractivity contribution in [1.29, 1.82) is 0 Å². The first kappa shape index (κ1) is 34.0. The maximum absolute atomic E-state index is 12.9. The molecular formula is C34H49BrN2O2S. The van der Waals surface area contributed by atoms with E-state index in [0.717, 1.165) is 36.6 Å². The second-order valence-corrected chi connectivity index (χ2v) is 11.3. The number of rotatable bonds is 20. The molecule has 4 nitrogen and oxygen atoms in total. The molecule has 1 heterocycles. The van der Waals surface area contributed by atoms with Gasteiger partial charge < -0.3 is 26.6 Å². The van der Waals surface area contributed by atoms with E-state index in [4.69, 9.17) is 4.74 Å². The molecule has 0 spiro atoms. The predicted molar refractivity (Wildman–Crippen MR) is 165 cm³/mol. The predicted octanol–water partition coefficient (Wildman–Crippen LogP) is 6.11. The normalized spacial score (nSPS) is 10.8. The first-order chi connectivity index (χ1) is 19.2. The molecular weight excluding hydrogens is 580 g/mol. The molecule has 0 radical (unpaired) electrons. The summed E-state index contributed by atoms with van der Waals surface area (Å²) in [4.78, 5) is 14.8. The summed E-state index contributed by atoms with van der Waals surface area (Å²) in [6.45, 7) is 6.29. The smallest absolute Gasteiger partial charge is 0.227 e. The number of hydrogen-bond acceptors (Lipinski definition) is 3. The lowest BCUT2D eigenvalue weighted by molar-refractivity contribution is -0.683. The molecule has 2 aromatic carbocycles. The minimum Gasteiger partial charge on any atom is -1.00 e. The van der Waals surface area contributed by atoms with Crippen molar-refractivity contribution >= 4 is 22.9 Å². The monoisotopic (exact) mass is 628 g/mol. The van der Waals surface area contributed by atoms with E-state index in [9.17, 15) is 4.79 Å². The number of carbonyl (C=O) groups is 1. The number of unbranched alkanes of at least 4 members (excludes halogenated alkanes) is 11. The van der Waals surface area contributed by atoms with Crippen LogP contribution in [0.2, 0.25) is 0 Å². The Hall–Kier alpha value is -2.18. The van der Waals surface area contributed by atoms with Gasteiger partial charge in [0, 0.05) is 17.7 Å². The largest absolute Gasteiger partial charge is 1.00 e. The highest BCUT2D eigenvalue weighted by molar-refractivity contribution is 7.07. The molecule has 0 aliphatic heterocycles. The number of carbonyl (C=O) groups excluding carboxylic acids is 1. The summed E-state index contributed by atoms with van der Waals surface area (Å²) < 4.78 is 8.25. The minimum absolute atomic E-state index is 0. The Kier molecular flexibility index (Phi) is 17.6. The van der Waals surface area contributed by atoms with Crippen molar-refractivity contribution in [3.05, 3.63) is 76.7 Å². The van der Waals surface area contributed by atoms with Gasteiger partial charge in [-0.05, 0) is 36.2 Å². The van der Waals surface area contributed by atoms with Gasteiger partial charge in [0.05, 0.1) is 18.5 Å². The quantitative estimate of drug-likeness (QED) is 0.112. The number of thiazole rings is 1. The number of aromatic nitrogens is 1. The van der Waals surface area contributed by atoms with E-state index >= 15 is 0 Å². The Bertz CT molecular complexity index is 1070. The average molecular weight is 630 g/mol. The number of ether oxygens (including phenoxy) is 1. The minimum atomic E-state index is 0. The molecule has 6 heteroatoms. The summed E-state index contributed by atoms with van der Waals surface area (Å²) in [6.07, 6.45) is 18.7. The van der Waals surface area contributed by atoms with Crippen molar-refractivity contribution in [2.75, 3.05) is 11.5 Å². The summed E-state index contributed by atoms with van der Waals surface area (Å²) in [5.41, 5.74) is 5.31. The zero-order valence-corrected chi connectivity index (χ0v) is 27.1. The second kappa shape index (κ2) is 20.7. The Labute approximate surface area is 257 Å². The van der Waals surface area contributed by atoms with Gasteiger partial charge in [-0.15, -0.1) is 0 Å². The highest BCUT2D eigenvalue weighted by atomic mass is 79.9. The number of amides is 1. The fraction of sp³-hybridized carbons (Fsp3) is 0.529. The molecule has 1 amide bonds. The summed E-state index contributed by atoms with van der Waals surface area (Å²) >= 11 is 1.68. The molecule has 1 aromatic heterocycles. The van der Waals surface area contributed by atoms with Crippen LogP contribution in [0.5, 0.6) is 5.75 Å². The van der Waals surface area contributed by atoms with Gasteiger partial charge in [-0.1, -0.05) is 120 Å². The van der Waals surface area contributed by atoms with Gasteiger partial charge in [-0.25, -0.2) is 0 Å². The molecule has 3 rings (SSSR count). The molecule has 0 aliphatic rings. The van der Waals surface area contributed by atoms with Crippen LogP contribution in [0.25, 0.3) is 0 Å². The Balaban J connectivity index is 0.00000560. The lowest BCUT2D eigenvalue weighted by atomic mass is 10.1. The van der Waals surface area contributed by atoms with Crippen LogP contribution in [0, 0.1) is 0 Å². The SMILES string of the molecule is CCCCCCCCCCCCCCOc1cccc(CN(C(=O)CC)c2cccc(C[n+]3ccsc3)c2)c1.[Br-]. The Morgan fingerprint density at radius 1 is 0.825 bits per heavy atom. The van der Waals surface area contributed by atoms with Crippen LogP contribution >= 0.6 is 11.3 Å². The number of anilines is 1. The number of hydrogen-bond donors (Lipinski definition) is 0. The van der Waals surface area contributed by atoms with Gasteiger partial charge in [0.15, 0.2) is 12.7 Å². The summed E-state index contributed by atoms with van der Waals surface area (Å²) in [6, 6.07) is 16.5. The van der Waals surface area contributed by atoms with Crippen molar-refractivity contribution in [2.24, 2.45) is 0 Å². The van der Waals surface area contributed by atoms with Crippen molar-refractivity contribution in [1.82, 2.24) is 0 Å². The standard InChI is InChI=1S/C34H49N2O2S.BrH/c1-3-5-6-7-8-9-10-11-12-13-14-15-23-38-33-21-17-19-31(26-33)28-36(34(37)4-2)32-20-16-18-30(25-32)27-35-22-24-39-29-35;/h16-22,24-26,29H,3-15,23,27-28H2,1-2H3;1H/q+1;/p-1. The van der Waals surface area contributed by atoms with Crippen LogP contribution in [0.3, 0.4) is 0 Å². The topological polar surface area (TPSA) is 33.4 Å². The lowest BCUT2D eigenvalue weighted by Gasteiger charge is -2.23. The third-order valence-corrected chi connectivity index (χ3v) is 7.90. The first-order valence-electron chi connectivity index (χ1n) is 15.2. The fourth-order valence-corrected chi connectivity index (χ4v) is 5.55. The third kappa shape index (κ3) is 13.0. The first-order valence-corrected chi connectivity index (χ1v) is 16.2. The van der Waals surface area contributed by atoms with Crippen molar-refractivity contribution < 1.29 is 31.1 Å². The van der Waals surface area contributed by atoms with Gasteiger partial charge in [-0.3, -0.25) is 4.79 Å². The van der Waals surface area contributed by atoms with E-state index < -0.39 is 0 Å². The summed E-state index contributed by atoms with van der Waals surface area (Å²) in [7, 11) is 0. The van der Waals surface area contributed by atoms with Crippen LogP contribution in [0.4, 0.5) is 5.69 Å². The van der Waals surface area contributed by atoms with E-state index in [2.05, 4.69) is 52.8 Å². The molecule has 0 saturated heterocycles. The number of halogens is 1. The van der Waals surface area contributed by atoms with Crippen LogP contribution < -0.4 is 31.2 Å². The molecule has 0 bridgehead atoms. The third-order valence-electron chi connectivity index (χ3n) is 7.22. The maximum atomic E-state index is 12.9. The average Bonchev–Trinajstić information content (AvgIpc) is 3.47. The van der Waals surface area contributed by atoms with Gasteiger partial charge in [-0.2, -0.15) is 4.57 Å². The Morgan fingerprint density at radius 2 is 1.48 bits per heavy atom. The van der Waals surface area contributed by atoms with Crippen molar-refractivity contribution in [3.63, 3.8) is 0 Å². The van der Waals surface area contributed by atoms with E-state index in [1.54, 1.807) is 11.3 Å². The van der Waals surface area contributed by atoms with Gasteiger partial charge in [0.25, 0.3) is 0 Å². The van der Waals surface area contributed by atoms with E-state index in [0.29, 0.717) is 13.0 Å². The zero-order valence-electron chi connectivity index (χ0n) is 24.7. The van der Waals surface area contributed by atoms with Crippen LogP contribution in [0.15, 0.2) is 65.6 Å². The highest BCUT2D eigenvalue weighted by Gasteiger charge is 2.16. The summed E-state index contributed by atoms with van der Waals surface area (Å²) in [5, 5.41) is 2.07. The lowest BCUT2D eigenvalue weighted by Crippen LogP contribution is -3.00. The number of nitrogens with zero attached hydrogens (tertiary/aromatic N) is 2. The molecule has 40 heavy (non-hydrogen) atoms. The van der Waals surface area contributed by atoms with Crippen molar-refractivity contribution in [2.45, 2.75) is 110 Å². The Morgan fingerprint density at radius 3 is 2.12 bits per heavy atom. The van der Waals surface area contributed by atoms with Gasteiger partial charge in [0.1, 0.15) is 5.75 Å². The van der Waals surface area contributed by atoms with Crippen LogP contribution in [-0.4, -0.2) is 12.5 Å². The zero-order chi connectivity index (χ0) is 27.5. The van der Waals surface area contributed by atoms with Gasteiger partial charge in [0.2, 0.25) is 11.4 Å². The van der Waals surface area contributed by atoms with Crippen LogP contribution in [0.1, 0.15) is 108 Å². The molecule has 0 atom stereocenters. The highest BCUT2D eigenvalue weighted by Crippen LogP contribution is 2.23. The molecule has 0 saturated carbocycles. The molecule has 0 N–H and O–H groups in total. The molecule has 0 unspecified atom stereocenters. The van der Waals surface area contributed by atoms with E-state index in [1.807, 2.05) is 36.1 Å². The summed E-state index contributed by atoms with van der Waals surface area (Å²) in [5.74, 6) is 1.01. The fourth-order valence-electron chi connectivity index (χ4n) is 4.95. The molecule has 0 fully saturated rings. The number of benzene rings is 2. The molecule has 220 valence electrons. The molecule has 3 aromatic rings. The van der Waals surface area contributed by atoms with Gasteiger partial charge >= 0.3 is 0 Å². The van der Waals surface area contributed by atoms with E-state index in [-0.39, 0.29) is 22.9 Å². The molecule has 0 aliphatic carbocycles. The second-order valence-electron chi connectivity index (χ2n) is 10.6. The van der Waals surface area contributed by atoms with Crippen LogP contribution in [-0.2, 0) is 17.9 Å².